The molecule has 0 saturated carbocycles. The van der Waals surface area contributed by atoms with Crippen molar-refractivity contribution in [2.75, 3.05) is 31.2 Å². The molecule has 106 valence electrons. The van der Waals surface area contributed by atoms with Crippen molar-refractivity contribution in [1.82, 2.24) is 0 Å². The van der Waals surface area contributed by atoms with Crippen molar-refractivity contribution in [3.63, 3.8) is 0 Å². The highest BCUT2D eigenvalue weighted by Crippen LogP contribution is 2.29. The standard InChI is InChI=1S/C11H15BrFN3O3/c12-9-7(11(14)15-19)1-2-8(10(9)13)16(3-5-17)4-6-18/h1-2,17-19H,3-6H2,(H2,14,15). The second-order valence-corrected chi connectivity index (χ2v) is 4.47. The predicted molar refractivity (Wildman–Crippen MR) is 73.0 cm³/mol. The lowest BCUT2D eigenvalue weighted by molar-refractivity contribution is 0.280. The van der Waals surface area contributed by atoms with Crippen molar-refractivity contribution in [2.45, 2.75) is 0 Å². The van der Waals surface area contributed by atoms with Gasteiger partial charge in [0.15, 0.2) is 11.7 Å². The number of amidine groups is 1. The Labute approximate surface area is 118 Å². The molecule has 1 aromatic carbocycles. The molecule has 0 saturated heterocycles. The Balaban J connectivity index is 3.20. The van der Waals surface area contributed by atoms with Gasteiger partial charge in [-0.1, -0.05) is 5.16 Å². The van der Waals surface area contributed by atoms with E-state index in [1.54, 1.807) is 0 Å². The van der Waals surface area contributed by atoms with E-state index in [1.165, 1.54) is 17.0 Å². The molecule has 0 radical (unpaired) electrons. The summed E-state index contributed by atoms with van der Waals surface area (Å²) in [6.07, 6.45) is 0. The Morgan fingerprint density at radius 2 is 1.89 bits per heavy atom. The van der Waals surface area contributed by atoms with Gasteiger partial charge in [-0.25, -0.2) is 4.39 Å². The molecule has 0 aromatic heterocycles. The number of aliphatic hydroxyl groups excluding tert-OH is 2. The van der Waals surface area contributed by atoms with Crippen LogP contribution in [0.3, 0.4) is 0 Å². The van der Waals surface area contributed by atoms with Gasteiger partial charge in [-0.3, -0.25) is 0 Å². The minimum absolute atomic E-state index is 0.0566. The molecule has 0 unspecified atom stereocenters. The lowest BCUT2D eigenvalue weighted by Crippen LogP contribution is -2.30. The Morgan fingerprint density at radius 3 is 2.37 bits per heavy atom. The Morgan fingerprint density at radius 1 is 1.32 bits per heavy atom. The predicted octanol–water partition coefficient (Wildman–Crippen LogP) is 0.474. The summed E-state index contributed by atoms with van der Waals surface area (Å²) >= 11 is 3.04. The molecule has 0 fully saturated rings. The molecule has 8 heteroatoms. The van der Waals surface area contributed by atoms with Gasteiger partial charge in [-0.15, -0.1) is 0 Å². The number of hydrogen-bond acceptors (Lipinski definition) is 5. The van der Waals surface area contributed by atoms with Crippen molar-refractivity contribution < 1.29 is 19.8 Å². The molecule has 0 bridgehead atoms. The zero-order valence-corrected chi connectivity index (χ0v) is 11.6. The maximum absolute atomic E-state index is 14.2. The van der Waals surface area contributed by atoms with E-state index in [-0.39, 0.29) is 47.9 Å². The fourth-order valence-corrected chi connectivity index (χ4v) is 2.17. The molecule has 0 atom stereocenters. The van der Waals surface area contributed by atoms with Gasteiger partial charge in [-0.2, -0.15) is 0 Å². The highest BCUT2D eigenvalue weighted by molar-refractivity contribution is 9.10. The quantitative estimate of drug-likeness (QED) is 0.262. The number of rotatable bonds is 6. The number of hydrogen-bond donors (Lipinski definition) is 4. The minimum atomic E-state index is -0.606. The van der Waals surface area contributed by atoms with Crippen LogP contribution < -0.4 is 10.6 Å². The van der Waals surface area contributed by atoms with Crippen LogP contribution >= 0.6 is 15.9 Å². The van der Waals surface area contributed by atoms with Crippen LogP contribution in [0.2, 0.25) is 0 Å². The molecular weight excluding hydrogens is 321 g/mol. The van der Waals surface area contributed by atoms with Gasteiger partial charge in [0.05, 0.1) is 23.4 Å². The highest BCUT2D eigenvalue weighted by atomic mass is 79.9. The molecule has 1 rings (SSSR count). The van der Waals surface area contributed by atoms with Gasteiger partial charge >= 0.3 is 0 Å². The van der Waals surface area contributed by atoms with Crippen molar-refractivity contribution in [3.05, 3.63) is 28.0 Å². The summed E-state index contributed by atoms with van der Waals surface area (Å²) in [7, 11) is 0. The number of anilines is 1. The van der Waals surface area contributed by atoms with Gasteiger partial charge in [0.1, 0.15) is 0 Å². The lowest BCUT2D eigenvalue weighted by Gasteiger charge is -2.24. The lowest BCUT2D eigenvalue weighted by atomic mass is 10.1. The monoisotopic (exact) mass is 335 g/mol. The topological polar surface area (TPSA) is 102 Å². The third-order valence-corrected chi connectivity index (χ3v) is 3.30. The van der Waals surface area contributed by atoms with Crippen molar-refractivity contribution in [2.24, 2.45) is 10.9 Å². The molecule has 5 N–H and O–H groups in total. The maximum atomic E-state index is 14.2. The smallest absolute Gasteiger partial charge is 0.171 e. The van der Waals surface area contributed by atoms with Crippen LogP contribution in [0.25, 0.3) is 0 Å². The number of halogens is 2. The van der Waals surface area contributed by atoms with Gasteiger partial charge in [0, 0.05) is 18.7 Å². The molecule has 0 aliphatic heterocycles. The third kappa shape index (κ3) is 3.55. The van der Waals surface area contributed by atoms with Crippen molar-refractivity contribution >= 4 is 27.5 Å². The minimum Gasteiger partial charge on any atom is -0.409 e. The van der Waals surface area contributed by atoms with E-state index in [0.29, 0.717) is 0 Å². The molecule has 1 aromatic rings. The number of nitrogens with two attached hydrogens (primary N) is 1. The zero-order chi connectivity index (χ0) is 14.4. The van der Waals surface area contributed by atoms with E-state index in [1.807, 2.05) is 0 Å². The molecule has 0 aliphatic rings. The number of aliphatic hydroxyl groups is 2. The van der Waals surface area contributed by atoms with E-state index >= 15 is 0 Å². The average Bonchev–Trinajstić information content (AvgIpc) is 2.41. The van der Waals surface area contributed by atoms with E-state index in [0.717, 1.165) is 0 Å². The van der Waals surface area contributed by atoms with Gasteiger partial charge in [0.25, 0.3) is 0 Å². The summed E-state index contributed by atoms with van der Waals surface area (Å²) in [5, 5.41) is 29.3. The Kier molecular flexibility index (Phi) is 6.00. The van der Waals surface area contributed by atoms with Gasteiger partial charge in [0.2, 0.25) is 0 Å². The average molecular weight is 336 g/mol. The van der Waals surface area contributed by atoms with Crippen molar-refractivity contribution in [3.8, 4) is 0 Å². The van der Waals surface area contributed by atoms with E-state index in [9.17, 15) is 4.39 Å². The van der Waals surface area contributed by atoms with Crippen LogP contribution in [-0.4, -0.2) is 47.6 Å². The number of oxime groups is 1. The first-order valence-corrected chi connectivity index (χ1v) is 6.28. The maximum Gasteiger partial charge on any atom is 0.171 e. The SMILES string of the molecule is N/C(=N/O)c1ccc(N(CCO)CCO)c(F)c1Br. The summed E-state index contributed by atoms with van der Waals surface area (Å²) in [6, 6.07) is 2.93. The van der Waals surface area contributed by atoms with Crippen LogP contribution in [0, 0.1) is 5.82 Å². The summed E-state index contributed by atoms with van der Waals surface area (Å²) < 4.78 is 14.3. The summed E-state index contributed by atoms with van der Waals surface area (Å²) in [5.41, 5.74) is 5.85. The molecule has 0 amide bonds. The zero-order valence-electron chi connectivity index (χ0n) is 10.1. The number of benzene rings is 1. The summed E-state index contributed by atoms with van der Waals surface area (Å²) in [4.78, 5) is 1.50. The first-order chi connectivity index (χ1) is 9.06. The van der Waals surface area contributed by atoms with Crippen LogP contribution in [0.1, 0.15) is 5.56 Å². The summed E-state index contributed by atoms with van der Waals surface area (Å²) in [6.45, 7) is 0.0395. The molecule has 19 heavy (non-hydrogen) atoms. The third-order valence-electron chi connectivity index (χ3n) is 2.53. The van der Waals surface area contributed by atoms with Gasteiger partial charge < -0.3 is 26.1 Å². The summed E-state index contributed by atoms with van der Waals surface area (Å²) in [5.74, 6) is -0.820. The van der Waals surface area contributed by atoms with Crippen molar-refractivity contribution in [1.29, 1.82) is 0 Å². The van der Waals surface area contributed by atoms with Crippen LogP contribution in [0.15, 0.2) is 21.8 Å². The molecule has 0 heterocycles. The van der Waals surface area contributed by atoms with E-state index in [4.69, 9.17) is 21.2 Å². The molecular formula is C11H15BrFN3O3. The largest absolute Gasteiger partial charge is 0.409 e. The van der Waals surface area contributed by atoms with Crippen LogP contribution in [-0.2, 0) is 0 Å². The normalized spacial score (nSPS) is 11.7. The molecule has 0 aliphatic carbocycles. The fraction of sp³-hybridized carbons (Fsp3) is 0.364. The second-order valence-electron chi connectivity index (χ2n) is 3.68. The second kappa shape index (κ2) is 7.27. The molecule has 0 spiro atoms. The van der Waals surface area contributed by atoms with Crippen LogP contribution in [0.4, 0.5) is 10.1 Å². The Bertz CT molecular complexity index is 465. The van der Waals surface area contributed by atoms with Crippen LogP contribution in [0.5, 0.6) is 0 Å². The van der Waals surface area contributed by atoms with E-state index < -0.39 is 5.82 Å². The molecule has 6 nitrogen and oxygen atoms in total. The first-order valence-electron chi connectivity index (χ1n) is 5.49. The number of nitrogens with zero attached hydrogens (tertiary/aromatic N) is 2. The fourth-order valence-electron chi connectivity index (χ4n) is 1.63. The first kappa shape index (κ1) is 15.7. The highest BCUT2D eigenvalue weighted by Gasteiger charge is 2.17. The van der Waals surface area contributed by atoms with E-state index in [2.05, 4.69) is 21.1 Å². The Hall–Kier alpha value is -1.38. The van der Waals surface area contributed by atoms with Gasteiger partial charge in [-0.05, 0) is 28.1 Å².